The van der Waals surface area contributed by atoms with Crippen LogP contribution in [0.5, 0.6) is 0 Å². The number of carbonyl (C=O) groups is 2. The van der Waals surface area contributed by atoms with Crippen LogP contribution in [0.3, 0.4) is 0 Å². The second kappa shape index (κ2) is 8.88. The first-order valence-electron chi connectivity index (χ1n) is 11.4. The van der Waals surface area contributed by atoms with E-state index in [4.69, 9.17) is 5.73 Å². The Hall–Kier alpha value is -4.60. The van der Waals surface area contributed by atoms with Gasteiger partial charge >= 0.3 is 0 Å². The van der Waals surface area contributed by atoms with Crippen LogP contribution in [0.4, 0.5) is 21.8 Å². The van der Waals surface area contributed by atoms with Gasteiger partial charge in [0.15, 0.2) is 0 Å². The zero-order chi connectivity index (χ0) is 25.6. The van der Waals surface area contributed by atoms with Gasteiger partial charge in [0.05, 0.1) is 0 Å². The fraction of sp³-hybridized carbons (Fsp3) is 0.192. The molecule has 9 nitrogen and oxygen atoms in total. The van der Waals surface area contributed by atoms with Crippen molar-refractivity contribution in [2.24, 2.45) is 5.73 Å². The van der Waals surface area contributed by atoms with Gasteiger partial charge in [-0.25, -0.2) is 19.0 Å². The third kappa shape index (κ3) is 4.06. The van der Waals surface area contributed by atoms with Crippen LogP contribution in [-0.2, 0) is 13.0 Å². The van der Waals surface area contributed by atoms with Gasteiger partial charge < -0.3 is 11.1 Å². The molecule has 0 fully saturated rings. The number of anilines is 3. The summed E-state index contributed by atoms with van der Waals surface area (Å²) >= 11 is 0. The second-order valence-corrected chi connectivity index (χ2v) is 8.77. The highest BCUT2D eigenvalue weighted by Gasteiger charge is 2.28. The predicted octanol–water partition coefficient (Wildman–Crippen LogP) is 4.06. The minimum Gasteiger partial charge on any atom is -0.365 e. The normalized spacial score (nSPS) is 12.2. The molecule has 0 saturated heterocycles. The summed E-state index contributed by atoms with van der Waals surface area (Å²) in [5.41, 5.74) is 10.00. The molecule has 0 bridgehead atoms. The molecule has 0 saturated carbocycles. The van der Waals surface area contributed by atoms with Gasteiger partial charge in [-0.05, 0) is 62.6 Å². The van der Waals surface area contributed by atoms with Crippen LogP contribution in [0.15, 0.2) is 42.6 Å². The van der Waals surface area contributed by atoms with Gasteiger partial charge in [-0.3, -0.25) is 14.9 Å². The van der Waals surface area contributed by atoms with Crippen molar-refractivity contribution in [2.45, 2.75) is 33.7 Å². The largest absolute Gasteiger partial charge is 0.365 e. The van der Waals surface area contributed by atoms with Crippen molar-refractivity contribution in [3.05, 3.63) is 81.9 Å². The minimum atomic E-state index is -0.732. The van der Waals surface area contributed by atoms with Gasteiger partial charge in [0, 0.05) is 35.2 Å². The van der Waals surface area contributed by atoms with Crippen LogP contribution in [0.1, 0.15) is 43.1 Å². The number of hydrogen-bond donors (Lipinski definition) is 3. The van der Waals surface area contributed by atoms with E-state index in [1.54, 1.807) is 17.7 Å². The highest BCUT2D eigenvalue weighted by Crippen LogP contribution is 2.36. The molecule has 1 aliphatic heterocycles. The molecule has 0 unspecified atom stereocenters. The lowest BCUT2D eigenvalue weighted by Gasteiger charge is -2.12. The molecule has 4 aromatic rings. The van der Waals surface area contributed by atoms with E-state index in [-0.39, 0.29) is 33.9 Å². The highest BCUT2D eigenvalue weighted by molar-refractivity contribution is 6.06. The summed E-state index contributed by atoms with van der Waals surface area (Å²) in [6, 6.07) is 10.6. The van der Waals surface area contributed by atoms with Crippen molar-refractivity contribution in [3.8, 4) is 11.3 Å². The van der Waals surface area contributed by atoms with Gasteiger partial charge in [-0.15, -0.1) is 0 Å². The molecule has 4 N–H and O–H groups in total. The Bertz CT molecular complexity index is 1540. The molecule has 3 heterocycles. The molecule has 1 aliphatic rings. The lowest BCUT2D eigenvalue weighted by molar-refractivity contribution is 0.0998. The van der Waals surface area contributed by atoms with Crippen molar-refractivity contribution in [1.29, 1.82) is 0 Å². The number of carbonyl (C=O) groups excluding carboxylic acids is 2. The summed E-state index contributed by atoms with van der Waals surface area (Å²) in [5.74, 6) is -1.41. The fourth-order valence-electron chi connectivity index (χ4n) is 4.37. The summed E-state index contributed by atoms with van der Waals surface area (Å²) < 4.78 is 17.3. The van der Waals surface area contributed by atoms with Crippen molar-refractivity contribution >= 4 is 29.3 Å². The number of aryl methyl sites for hydroxylation is 4. The molecular weight excluding hydrogens is 461 g/mol. The quantitative estimate of drug-likeness (QED) is 0.400. The molecular formula is C26H24FN7O2. The van der Waals surface area contributed by atoms with Gasteiger partial charge in [0.25, 0.3) is 11.8 Å². The Morgan fingerprint density at radius 3 is 2.69 bits per heavy atom. The Morgan fingerprint density at radius 1 is 1.14 bits per heavy atom. The maximum Gasteiger partial charge on any atom is 0.258 e. The Kier molecular flexibility index (Phi) is 5.71. The molecule has 0 atom stereocenters. The van der Waals surface area contributed by atoms with E-state index in [1.807, 2.05) is 19.1 Å². The highest BCUT2D eigenvalue weighted by atomic mass is 19.1. The molecule has 2 aromatic carbocycles. The number of benzene rings is 2. The van der Waals surface area contributed by atoms with Crippen molar-refractivity contribution in [2.75, 3.05) is 10.6 Å². The summed E-state index contributed by atoms with van der Waals surface area (Å²) in [4.78, 5) is 33.5. The summed E-state index contributed by atoms with van der Waals surface area (Å²) in [7, 11) is 0. The lowest BCUT2D eigenvalue weighted by atomic mass is 9.99. The zero-order valence-electron chi connectivity index (χ0n) is 20.0. The number of hydrogen-bond acceptors (Lipinski definition) is 6. The number of halogens is 1. The maximum absolute atomic E-state index is 15.6. The Labute approximate surface area is 206 Å². The van der Waals surface area contributed by atoms with Crippen LogP contribution >= 0.6 is 0 Å². The first-order valence-corrected chi connectivity index (χ1v) is 11.4. The van der Waals surface area contributed by atoms with E-state index in [0.717, 1.165) is 16.8 Å². The summed E-state index contributed by atoms with van der Waals surface area (Å²) in [6.45, 7) is 5.76. The third-order valence-corrected chi connectivity index (χ3v) is 6.21. The molecule has 0 aliphatic carbocycles. The van der Waals surface area contributed by atoms with E-state index in [9.17, 15) is 9.59 Å². The van der Waals surface area contributed by atoms with Gasteiger partial charge in [0.1, 0.15) is 22.9 Å². The number of rotatable bonds is 4. The molecule has 5 rings (SSSR count). The molecule has 2 amide bonds. The number of nitrogens with two attached hydrogens (primary N) is 1. The zero-order valence-corrected chi connectivity index (χ0v) is 20.0. The van der Waals surface area contributed by atoms with Gasteiger partial charge in [0.2, 0.25) is 5.95 Å². The first-order chi connectivity index (χ1) is 17.2. The van der Waals surface area contributed by atoms with Gasteiger partial charge in [-0.1, -0.05) is 17.7 Å². The van der Waals surface area contributed by atoms with Crippen LogP contribution in [0.25, 0.3) is 11.3 Å². The van der Waals surface area contributed by atoms with Crippen molar-refractivity contribution in [3.63, 3.8) is 0 Å². The number of fused-ring (bicyclic) bond motifs is 2. The van der Waals surface area contributed by atoms with Crippen molar-refractivity contribution in [1.82, 2.24) is 19.7 Å². The average molecular weight is 486 g/mol. The number of primary amides is 1. The Balaban J connectivity index is 1.54. The molecule has 182 valence electrons. The van der Waals surface area contributed by atoms with E-state index < -0.39 is 17.6 Å². The topological polar surface area (TPSA) is 128 Å². The second-order valence-electron chi connectivity index (χ2n) is 8.77. The smallest absolute Gasteiger partial charge is 0.258 e. The number of aromatic nitrogens is 4. The summed E-state index contributed by atoms with van der Waals surface area (Å²) in [6.07, 6.45) is 2.20. The average Bonchev–Trinajstić information content (AvgIpc) is 3.09. The van der Waals surface area contributed by atoms with Gasteiger partial charge in [-0.2, -0.15) is 5.10 Å². The molecule has 0 radical (unpaired) electrons. The standard InChI is InChI=1S/C26H24FN7O2/c1-13-4-7-19-16(12-13)9-11-34-24(31-19)20(23(28)35)22(33-34)18-6-5-17(15(3)21(18)27)25(36)32-26-29-10-8-14(2)30-26/h4-8,10,12,31H,9,11H2,1-3H3,(H2,28,35)(H,29,30,32,36). The number of amides is 2. The fourth-order valence-corrected chi connectivity index (χ4v) is 4.37. The molecule has 2 aromatic heterocycles. The predicted molar refractivity (Wildman–Crippen MR) is 134 cm³/mol. The SMILES string of the molecule is Cc1ccc2c(c1)CCn1nc(-c3ccc(C(=O)Nc4nccc(C)n4)c(C)c3F)c(C(N)=O)c1N2. The van der Waals surface area contributed by atoms with Crippen molar-refractivity contribution < 1.29 is 14.0 Å². The molecule has 0 spiro atoms. The van der Waals surface area contributed by atoms with E-state index in [1.165, 1.54) is 25.3 Å². The van der Waals surface area contributed by atoms with Crippen LogP contribution in [-0.4, -0.2) is 31.6 Å². The van der Waals surface area contributed by atoms with E-state index in [0.29, 0.717) is 24.5 Å². The Morgan fingerprint density at radius 2 is 1.94 bits per heavy atom. The van der Waals surface area contributed by atoms with Crippen LogP contribution < -0.4 is 16.4 Å². The monoisotopic (exact) mass is 485 g/mol. The number of nitrogens with zero attached hydrogens (tertiary/aromatic N) is 4. The van der Waals surface area contributed by atoms with Crippen LogP contribution in [0.2, 0.25) is 0 Å². The summed E-state index contributed by atoms with van der Waals surface area (Å²) in [5, 5.41) is 10.4. The third-order valence-electron chi connectivity index (χ3n) is 6.21. The molecule has 10 heteroatoms. The molecule has 36 heavy (non-hydrogen) atoms. The minimum absolute atomic E-state index is 0.0798. The van der Waals surface area contributed by atoms with E-state index in [2.05, 4.69) is 31.8 Å². The lowest BCUT2D eigenvalue weighted by Crippen LogP contribution is -2.17. The maximum atomic E-state index is 15.6. The van der Waals surface area contributed by atoms with Crippen LogP contribution in [0, 0.1) is 26.6 Å². The first kappa shape index (κ1) is 23.2. The number of nitrogens with one attached hydrogen (secondary N) is 2. The van der Waals surface area contributed by atoms with E-state index >= 15 is 4.39 Å².